The lowest BCUT2D eigenvalue weighted by Crippen LogP contribution is -2.15. The average molecular weight is 364 g/mol. The SMILES string of the molecule is COCCN=c1scc(-c2cccs2)n1N=C(C)c1cccs1. The molecule has 0 aliphatic rings. The van der Waals surface area contributed by atoms with Crippen molar-refractivity contribution in [2.45, 2.75) is 6.92 Å². The number of thiophene rings is 2. The number of ether oxygens (including phenoxy) is 1. The Morgan fingerprint density at radius 1 is 1.17 bits per heavy atom. The maximum atomic E-state index is 5.09. The van der Waals surface area contributed by atoms with E-state index in [9.17, 15) is 0 Å². The highest BCUT2D eigenvalue weighted by molar-refractivity contribution is 7.14. The van der Waals surface area contributed by atoms with Crippen LogP contribution in [0.5, 0.6) is 0 Å². The molecule has 3 aromatic heterocycles. The first-order chi connectivity index (χ1) is 11.3. The lowest BCUT2D eigenvalue weighted by molar-refractivity contribution is 0.207. The first-order valence-electron chi connectivity index (χ1n) is 7.13. The molecule has 3 heterocycles. The third kappa shape index (κ3) is 3.87. The summed E-state index contributed by atoms with van der Waals surface area (Å²) in [5, 5.41) is 11.1. The second-order valence-electron chi connectivity index (χ2n) is 4.73. The molecule has 0 aromatic carbocycles. The van der Waals surface area contributed by atoms with Crippen molar-refractivity contribution < 1.29 is 4.74 Å². The van der Waals surface area contributed by atoms with E-state index in [0.717, 1.165) is 16.2 Å². The highest BCUT2D eigenvalue weighted by atomic mass is 32.1. The number of thiazole rings is 1. The van der Waals surface area contributed by atoms with Crippen LogP contribution in [0.25, 0.3) is 10.6 Å². The van der Waals surface area contributed by atoms with Crippen molar-refractivity contribution in [2.24, 2.45) is 10.1 Å². The summed E-state index contributed by atoms with van der Waals surface area (Å²) in [5.41, 5.74) is 2.07. The Kier molecular flexibility index (Phi) is 5.56. The van der Waals surface area contributed by atoms with Crippen molar-refractivity contribution in [1.82, 2.24) is 4.68 Å². The topological polar surface area (TPSA) is 38.9 Å². The molecule has 7 heteroatoms. The fraction of sp³-hybridized carbons (Fsp3) is 0.250. The number of rotatable bonds is 6. The number of methoxy groups -OCH3 is 1. The summed E-state index contributed by atoms with van der Waals surface area (Å²) in [6.45, 7) is 3.28. The zero-order valence-electron chi connectivity index (χ0n) is 12.9. The molecular formula is C16H17N3OS3. The van der Waals surface area contributed by atoms with Gasteiger partial charge in [0.1, 0.15) is 0 Å². The van der Waals surface area contributed by atoms with E-state index in [1.807, 2.05) is 17.7 Å². The molecular weight excluding hydrogens is 346 g/mol. The molecule has 0 N–H and O–H groups in total. The smallest absolute Gasteiger partial charge is 0.206 e. The fourth-order valence-corrected chi connectivity index (χ4v) is 4.34. The number of nitrogens with zero attached hydrogens (tertiary/aromatic N) is 3. The molecule has 0 aliphatic carbocycles. The van der Waals surface area contributed by atoms with E-state index in [4.69, 9.17) is 9.84 Å². The van der Waals surface area contributed by atoms with Crippen molar-refractivity contribution in [3.05, 3.63) is 50.1 Å². The Labute approximate surface area is 147 Å². The van der Waals surface area contributed by atoms with Gasteiger partial charge in [0.15, 0.2) is 0 Å². The van der Waals surface area contributed by atoms with Crippen LogP contribution in [-0.4, -0.2) is 30.6 Å². The first kappa shape index (κ1) is 16.3. The molecule has 3 rings (SSSR count). The van der Waals surface area contributed by atoms with Crippen molar-refractivity contribution in [3.8, 4) is 10.6 Å². The third-order valence-electron chi connectivity index (χ3n) is 3.13. The molecule has 0 bridgehead atoms. The van der Waals surface area contributed by atoms with Gasteiger partial charge in [-0.2, -0.15) is 5.10 Å². The van der Waals surface area contributed by atoms with Crippen LogP contribution in [0.3, 0.4) is 0 Å². The molecule has 0 unspecified atom stereocenters. The average Bonchev–Trinajstić information content (AvgIpc) is 3.29. The van der Waals surface area contributed by atoms with Crippen LogP contribution >= 0.6 is 34.0 Å². The van der Waals surface area contributed by atoms with Crippen LogP contribution in [0.2, 0.25) is 0 Å². The maximum Gasteiger partial charge on any atom is 0.206 e. The minimum Gasteiger partial charge on any atom is -0.383 e. The highest BCUT2D eigenvalue weighted by Crippen LogP contribution is 2.25. The summed E-state index contributed by atoms with van der Waals surface area (Å²) in [7, 11) is 1.69. The molecule has 0 atom stereocenters. The molecule has 0 radical (unpaired) electrons. The van der Waals surface area contributed by atoms with Crippen LogP contribution in [-0.2, 0) is 4.74 Å². The normalized spacial score (nSPS) is 13.0. The van der Waals surface area contributed by atoms with Gasteiger partial charge in [-0.15, -0.1) is 34.0 Å². The van der Waals surface area contributed by atoms with E-state index in [0.29, 0.717) is 13.2 Å². The van der Waals surface area contributed by atoms with Gasteiger partial charge in [0.25, 0.3) is 0 Å². The summed E-state index contributed by atoms with van der Waals surface area (Å²) < 4.78 is 7.04. The molecule has 3 aromatic rings. The molecule has 120 valence electrons. The van der Waals surface area contributed by atoms with Crippen molar-refractivity contribution in [3.63, 3.8) is 0 Å². The molecule has 0 saturated heterocycles. The van der Waals surface area contributed by atoms with Crippen molar-refractivity contribution in [2.75, 3.05) is 20.3 Å². The van der Waals surface area contributed by atoms with Crippen LogP contribution in [0.1, 0.15) is 11.8 Å². The second-order valence-corrected chi connectivity index (χ2v) is 7.46. The maximum absolute atomic E-state index is 5.09. The number of hydrogen-bond donors (Lipinski definition) is 0. The third-order valence-corrected chi connectivity index (χ3v) is 5.85. The Morgan fingerprint density at radius 3 is 2.70 bits per heavy atom. The lowest BCUT2D eigenvalue weighted by Gasteiger charge is -2.03. The zero-order chi connectivity index (χ0) is 16.1. The monoisotopic (exact) mass is 363 g/mol. The molecule has 0 amide bonds. The summed E-state index contributed by atoms with van der Waals surface area (Å²) in [4.78, 5) is 7.87. The van der Waals surface area contributed by atoms with Gasteiger partial charge in [-0.3, -0.25) is 4.99 Å². The molecule has 4 nitrogen and oxygen atoms in total. The molecule has 0 fully saturated rings. The van der Waals surface area contributed by atoms with Gasteiger partial charge in [0, 0.05) is 12.5 Å². The minimum absolute atomic E-state index is 0.611. The quantitative estimate of drug-likeness (QED) is 0.479. The molecule has 0 aliphatic heterocycles. The summed E-state index contributed by atoms with van der Waals surface area (Å²) >= 11 is 5.01. The highest BCUT2D eigenvalue weighted by Gasteiger charge is 2.09. The molecule has 0 spiro atoms. The van der Waals surface area contributed by atoms with E-state index < -0.39 is 0 Å². The van der Waals surface area contributed by atoms with E-state index in [2.05, 4.69) is 39.3 Å². The summed E-state index contributed by atoms with van der Waals surface area (Å²) in [6.07, 6.45) is 0. The van der Waals surface area contributed by atoms with Gasteiger partial charge < -0.3 is 4.74 Å². The lowest BCUT2D eigenvalue weighted by atomic mass is 10.3. The zero-order valence-corrected chi connectivity index (χ0v) is 15.4. The Morgan fingerprint density at radius 2 is 2.00 bits per heavy atom. The Bertz CT molecular complexity index is 826. The largest absolute Gasteiger partial charge is 0.383 e. The van der Waals surface area contributed by atoms with Crippen LogP contribution in [0, 0.1) is 0 Å². The summed E-state index contributed by atoms with van der Waals surface area (Å²) in [6, 6.07) is 8.29. The van der Waals surface area contributed by atoms with Crippen LogP contribution in [0.15, 0.2) is 50.5 Å². The van der Waals surface area contributed by atoms with Gasteiger partial charge in [0.05, 0.1) is 34.3 Å². The predicted octanol–water partition coefficient (Wildman–Crippen LogP) is 4.16. The van der Waals surface area contributed by atoms with Crippen LogP contribution < -0.4 is 4.80 Å². The predicted molar refractivity (Wildman–Crippen MR) is 99.9 cm³/mol. The van der Waals surface area contributed by atoms with Crippen LogP contribution in [0.4, 0.5) is 0 Å². The van der Waals surface area contributed by atoms with Gasteiger partial charge in [0.2, 0.25) is 4.80 Å². The molecule has 0 saturated carbocycles. The van der Waals surface area contributed by atoms with Crippen molar-refractivity contribution in [1.29, 1.82) is 0 Å². The first-order valence-corrected chi connectivity index (χ1v) is 9.77. The van der Waals surface area contributed by atoms with Gasteiger partial charge in [-0.1, -0.05) is 12.1 Å². The van der Waals surface area contributed by atoms with Crippen molar-refractivity contribution >= 4 is 39.7 Å². The standard InChI is InChI=1S/C16H17N3OS3/c1-12(14-5-3-9-21-14)18-19-13(15-6-4-10-22-15)11-23-16(19)17-7-8-20-2/h3-6,9-11H,7-8H2,1-2H3. The van der Waals surface area contributed by atoms with Gasteiger partial charge in [-0.05, 0) is 29.8 Å². The fourth-order valence-electron chi connectivity index (χ4n) is 2.02. The van der Waals surface area contributed by atoms with E-state index in [1.54, 1.807) is 41.1 Å². The summed E-state index contributed by atoms with van der Waals surface area (Å²) in [5.74, 6) is 0. The Balaban J connectivity index is 2.06. The number of aromatic nitrogens is 1. The Hall–Kier alpha value is -1.54. The van der Waals surface area contributed by atoms with E-state index >= 15 is 0 Å². The van der Waals surface area contributed by atoms with E-state index in [-0.39, 0.29) is 0 Å². The minimum atomic E-state index is 0.611. The van der Waals surface area contributed by atoms with Gasteiger partial charge >= 0.3 is 0 Å². The molecule has 23 heavy (non-hydrogen) atoms. The van der Waals surface area contributed by atoms with E-state index in [1.165, 1.54) is 9.75 Å². The second kappa shape index (κ2) is 7.83. The van der Waals surface area contributed by atoms with Gasteiger partial charge in [-0.25, -0.2) is 4.68 Å². The number of hydrogen-bond acceptors (Lipinski definition) is 6.